The molecule has 0 radical (unpaired) electrons. The highest BCUT2D eigenvalue weighted by atomic mass is 35.5. The Bertz CT molecular complexity index is 415. The van der Waals surface area contributed by atoms with Crippen LogP contribution in [0.5, 0.6) is 0 Å². The highest BCUT2D eigenvalue weighted by Crippen LogP contribution is 2.00. The molecule has 0 saturated heterocycles. The van der Waals surface area contributed by atoms with Crippen LogP contribution in [-0.4, -0.2) is 21.3 Å². The number of aromatic amines is 1. The average molecular weight is 239 g/mol. The fraction of sp³-hybridized carbons (Fsp3) is 0.0909. The van der Waals surface area contributed by atoms with E-state index in [1.54, 1.807) is 0 Å². The van der Waals surface area contributed by atoms with Crippen molar-refractivity contribution in [1.29, 1.82) is 0 Å². The van der Waals surface area contributed by atoms with Gasteiger partial charge in [-0.05, 0) is 11.6 Å². The number of nitrogens with one attached hydrogen (secondary N) is 1. The van der Waals surface area contributed by atoms with Gasteiger partial charge in [-0.3, -0.25) is 5.10 Å². The Kier molecular flexibility index (Phi) is 5.08. The molecule has 2 rings (SSSR count). The molecule has 0 spiro atoms. The molecular formula is C11H11ClN2O2. The van der Waals surface area contributed by atoms with Gasteiger partial charge in [0, 0.05) is 12.1 Å². The first-order valence-electron chi connectivity index (χ1n) is 4.56. The monoisotopic (exact) mass is 238 g/mol. The first kappa shape index (κ1) is 12.3. The SMILES string of the molecule is ClCc1ccccc1.O=C(O)c1ccn[nH]1. The highest BCUT2D eigenvalue weighted by Gasteiger charge is 1.99. The van der Waals surface area contributed by atoms with E-state index in [2.05, 4.69) is 10.2 Å². The van der Waals surface area contributed by atoms with Gasteiger partial charge in [-0.25, -0.2) is 4.79 Å². The van der Waals surface area contributed by atoms with E-state index in [4.69, 9.17) is 16.7 Å². The molecule has 4 nitrogen and oxygen atoms in total. The van der Waals surface area contributed by atoms with Crippen LogP contribution in [0.4, 0.5) is 0 Å². The van der Waals surface area contributed by atoms with Gasteiger partial charge in [0.1, 0.15) is 5.69 Å². The topological polar surface area (TPSA) is 66.0 Å². The van der Waals surface area contributed by atoms with Crippen LogP contribution in [0.2, 0.25) is 0 Å². The molecule has 1 aromatic carbocycles. The molecule has 0 bridgehead atoms. The molecule has 5 heteroatoms. The average Bonchev–Trinajstić information content (AvgIpc) is 2.85. The lowest BCUT2D eigenvalue weighted by molar-refractivity contribution is 0.0690. The second kappa shape index (κ2) is 6.63. The largest absolute Gasteiger partial charge is 0.477 e. The number of carbonyl (C=O) groups is 1. The summed E-state index contributed by atoms with van der Waals surface area (Å²) in [4.78, 5) is 9.99. The molecule has 0 fully saturated rings. The summed E-state index contributed by atoms with van der Waals surface area (Å²) in [5.41, 5.74) is 1.29. The lowest BCUT2D eigenvalue weighted by Gasteiger charge is -1.88. The van der Waals surface area contributed by atoms with E-state index in [1.165, 1.54) is 17.8 Å². The van der Waals surface area contributed by atoms with Gasteiger partial charge >= 0.3 is 5.97 Å². The minimum atomic E-state index is -0.984. The predicted molar refractivity (Wildman–Crippen MR) is 61.5 cm³/mol. The minimum absolute atomic E-state index is 0.116. The smallest absolute Gasteiger partial charge is 0.353 e. The summed E-state index contributed by atoms with van der Waals surface area (Å²) in [6, 6.07) is 11.4. The van der Waals surface area contributed by atoms with E-state index < -0.39 is 5.97 Å². The van der Waals surface area contributed by atoms with Gasteiger partial charge in [0.25, 0.3) is 0 Å². The summed E-state index contributed by atoms with van der Waals surface area (Å²) in [6.45, 7) is 0. The number of H-pyrrole nitrogens is 1. The second-order valence-electron chi connectivity index (χ2n) is 2.89. The number of hydrogen-bond donors (Lipinski definition) is 2. The Labute approximate surface area is 97.9 Å². The van der Waals surface area contributed by atoms with Crippen molar-refractivity contribution in [3.63, 3.8) is 0 Å². The first-order valence-corrected chi connectivity index (χ1v) is 5.10. The van der Waals surface area contributed by atoms with E-state index in [-0.39, 0.29) is 5.69 Å². The molecule has 0 aliphatic carbocycles. The number of benzene rings is 1. The number of carboxylic acid groups (broad SMARTS) is 1. The standard InChI is InChI=1S/C7H7Cl.C4H4N2O2/c8-6-7-4-2-1-3-5-7;7-4(8)3-1-2-5-6-3/h1-5H,6H2;1-2H,(H,5,6)(H,7,8). The van der Waals surface area contributed by atoms with Crippen LogP contribution in [0.25, 0.3) is 0 Å². The van der Waals surface area contributed by atoms with Crippen LogP contribution in [0, 0.1) is 0 Å². The Morgan fingerprint density at radius 1 is 1.31 bits per heavy atom. The fourth-order valence-electron chi connectivity index (χ4n) is 0.942. The van der Waals surface area contributed by atoms with Crippen molar-refractivity contribution in [1.82, 2.24) is 10.2 Å². The maximum absolute atomic E-state index is 9.99. The van der Waals surface area contributed by atoms with Crippen molar-refractivity contribution >= 4 is 17.6 Å². The Morgan fingerprint density at radius 2 is 2.00 bits per heavy atom. The summed E-state index contributed by atoms with van der Waals surface area (Å²) in [5.74, 6) is -0.372. The number of carboxylic acids is 1. The van der Waals surface area contributed by atoms with Gasteiger partial charge in [0.15, 0.2) is 0 Å². The summed E-state index contributed by atoms with van der Waals surface area (Å²) >= 11 is 5.53. The van der Waals surface area contributed by atoms with Crippen LogP contribution < -0.4 is 0 Å². The van der Waals surface area contributed by atoms with E-state index in [0.29, 0.717) is 5.88 Å². The Balaban J connectivity index is 0.000000160. The molecule has 1 aromatic heterocycles. The molecule has 84 valence electrons. The molecule has 16 heavy (non-hydrogen) atoms. The van der Waals surface area contributed by atoms with Crippen molar-refractivity contribution in [3.05, 3.63) is 53.9 Å². The maximum Gasteiger partial charge on any atom is 0.353 e. The van der Waals surface area contributed by atoms with Crippen LogP contribution >= 0.6 is 11.6 Å². The Hall–Kier alpha value is -1.81. The van der Waals surface area contributed by atoms with Gasteiger partial charge in [-0.2, -0.15) is 5.10 Å². The van der Waals surface area contributed by atoms with Crippen molar-refractivity contribution in [2.75, 3.05) is 0 Å². The normalized spacial score (nSPS) is 9.06. The number of aromatic nitrogens is 2. The van der Waals surface area contributed by atoms with Gasteiger partial charge in [-0.15, -0.1) is 11.6 Å². The predicted octanol–water partition coefficient (Wildman–Crippen LogP) is 2.53. The minimum Gasteiger partial charge on any atom is -0.477 e. The molecule has 0 aliphatic heterocycles. The van der Waals surface area contributed by atoms with Crippen molar-refractivity contribution in [2.45, 2.75) is 5.88 Å². The zero-order chi connectivity index (χ0) is 11.8. The zero-order valence-electron chi connectivity index (χ0n) is 8.43. The maximum atomic E-state index is 9.99. The van der Waals surface area contributed by atoms with Crippen LogP contribution in [-0.2, 0) is 5.88 Å². The lowest BCUT2D eigenvalue weighted by atomic mass is 10.2. The van der Waals surface area contributed by atoms with Gasteiger partial charge < -0.3 is 5.11 Å². The molecule has 2 N–H and O–H groups in total. The molecule has 0 atom stereocenters. The number of nitrogens with zero attached hydrogens (tertiary/aromatic N) is 1. The van der Waals surface area contributed by atoms with E-state index in [1.807, 2.05) is 30.3 Å². The summed E-state index contributed by atoms with van der Waals surface area (Å²) in [5, 5.41) is 13.9. The van der Waals surface area contributed by atoms with E-state index in [9.17, 15) is 4.79 Å². The third kappa shape index (κ3) is 4.14. The zero-order valence-corrected chi connectivity index (χ0v) is 9.19. The summed E-state index contributed by atoms with van der Waals surface area (Å²) in [7, 11) is 0. The highest BCUT2D eigenvalue weighted by molar-refractivity contribution is 6.17. The number of halogens is 1. The fourth-order valence-corrected chi connectivity index (χ4v) is 1.12. The van der Waals surface area contributed by atoms with Gasteiger partial charge in [0.2, 0.25) is 0 Å². The molecule has 0 amide bonds. The van der Waals surface area contributed by atoms with Crippen molar-refractivity contribution in [2.24, 2.45) is 0 Å². The van der Waals surface area contributed by atoms with Crippen LogP contribution in [0.3, 0.4) is 0 Å². The number of rotatable bonds is 2. The molecule has 0 saturated carbocycles. The van der Waals surface area contributed by atoms with Crippen LogP contribution in [0.15, 0.2) is 42.6 Å². The van der Waals surface area contributed by atoms with Gasteiger partial charge in [0.05, 0.1) is 0 Å². The Morgan fingerprint density at radius 3 is 2.31 bits per heavy atom. The van der Waals surface area contributed by atoms with E-state index >= 15 is 0 Å². The molecule has 1 heterocycles. The quantitative estimate of drug-likeness (QED) is 0.790. The van der Waals surface area contributed by atoms with Crippen LogP contribution in [0.1, 0.15) is 16.1 Å². The van der Waals surface area contributed by atoms with Crippen molar-refractivity contribution < 1.29 is 9.90 Å². The third-order valence-electron chi connectivity index (χ3n) is 1.73. The number of hydrogen-bond acceptors (Lipinski definition) is 2. The number of alkyl halides is 1. The van der Waals surface area contributed by atoms with Gasteiger partial charge in [-0.1, -0.05) is 30.3 Å². The molecule has 2 aromatic rings. The molecule has 0 aliphatic rings. The third-order valence-corrected chi connectivity index (χ3v) is 2.04. The number of aromatic carboxylic acids is 1. The van der Waals surface area contributed by atoms with E-state index in [0.717, 1.165) is 0 Å². The summed E-state index contributed by atoms with van der Waals surface area (Å²) < 4.78 is 0. The lowest BCUT2D eigenvalue weighted by Crippen LogP contribution is -1.95. The van der Waals surface area contributed by atoms with Crippen molar-refractivity contribution in [3.8, 4) is 0 Å². The molecule has 0 unspecified atom stereocenters. The first-order chi connectivity index (χ1) is 7.74. The summed E-state index contributed by atoms with van der Waals surface area (Å²) in [6.07, 6.45) is 1.39. The molecular weight excluding hydrogens is 228 g/mol. The second-order valence-corrected chi connectivity index (χ2v) is 3.16.